The number of pyridine rings is 1. The highest BCUT2D eigenvalue weighted by Gasteiger charge is 2.26. The summed E-state index contributed by atoms with van der Waals surface area (Å²) in [5, 5.41) is 14.4. The van der Waals surface area contributed by atoms with E-state index in [0.717, 1.165) is 30.6 Å². The number of carbonyl (C=O) groups excluding carboxylic acids is 1. The van der Waals surface area contributed by atoms with E-state index in [-0.39, 0.29) is 10.8 Å². The van der Waals surface area contributed by atoms with Gasteiger partial charge in [0.2, 0.25) is 11.8 Å². The van der Waals surface area contributed by atoms with Gasteiger partial charge in [0.1, 0.15) is 11.5 Å². The Morgan fingerprint density at radius 3 is 2.03 bits per heavy atom. The Morgan fingerprint density at radius 1 is 0.943 bits per heavy atom. The van der Waals surface area contributed by atoms with Crippen LogP contribution in [0.3, 0.4) is 0 Å². The number of phenols is 1. The van der Waals surface area contributed by atoms with E-state index in [0.29, 0.717) is 22.9 Å². The maximum absolute atomic E-state index is 11.1. The van der Waals surface area contributed by atoms with Crippen molar-refractivity contribution in [2.24, 2.45) is 5.73 Å². The number of aromatic nitrogens is 1. The molecular formula is C29H37N3O3. The molecule has 0 saturated heterocycles. The molecule has 0 saturated carbocycles. The molecule has 1 aromatic heterocycles. The number of nitrogens with zero attached hydrogens (tertiary/aromatic N) is 1. The standard InChI is InChI=1S/C29H37N3O3/c1-28(2,3)23-15-20(16-24(26(23)33)29(4,5)6)17-31-14-13-19-7-10-22(11-8-19)35-25-12-9-21(18-32-25)27(30)34/h7-12,15-16,18,31,33H,13-14,17H2,1-6H3,(H2,30,34). The number of ether oxygens (including phenoxy) is 1. The molecule has 0 aliphatic carbocycles. The molecule has 186 valence electrons. The van der Waals surface area contributed by atoms with E-state index in [1.807, 2.05) is 24.3 Å². The predicted octanol–water partition coefficient (Wildman–Crippen LogP) is 5.61. The molecule has 35 heavy (non-hydrogen) atoms. The molecule has 0 aliphatic rings. The van der Waals surface area contributed by atoms with Crippen molar-refractivity contribution >= 4 is 5.91 Å². The molecule has 0 aliphatic heterocycles. The van der Waals surface area contributed by atoms with Crippen LogP contribution in [0.25, 0.3) is 0 Å². The monoisotopic (exact) mass is 475 g/mol. The Kier molecular flexibility index (Phi) is 7.86. The first kappa shape index (κ1) is 26.2. The largest absolute Gasteiger partial charge is 0.507 e. The fourth-order valence-electron chi connectivity index (χ4n) is 3.84. The van der Waals surface area contributed by atoms with Gasteiger partial charge in [0.15, 0.2) is 0 Å². The number of carbonyl (C=O) groups is 1. The molecule has 0 unspecified atom stereocenters. The van der Waals surface area contributed by atoms with Gasteiger partial charge in [0.25, 0.3) is 0 Å². The Labute approximate surface area is 208 Å². The van der Waals surface area contributed by atoms with Crippen molar-refractivity contribution in [3.63, 3.8) is 0 Å². The zero-order valence-electron chi connectivity index (χ0n) is 21.6. The topological polar surface area (TPSA) is 97.5 Å². The second-order valence-electron chi connectivity index (χ2n) is 11.0. The van der Waals surface area contributed by atoms with Crippen molar-refractivity contribution in [3.8, 4) is 17.4 Å². The molecule has 6 nitrogen and oxygen atoms in total. The maximum atomic E-state index is 11.1. The van der Waals surface area contributed by atoms with Crippen molar-refractivity contribution in [2.45, 2.75) is 65.3 Å². The van der Waals surface area contributed by atoms with E-state index >= 15 is 0 Å². The molecule has 6 heteroatoms. The minimum absolute atomic E-state index is 0.136. The van der Waals surface area contributed by atoms with Crippen LogP contribution >= 0.6 is 0 Å². The highest BCUT2D eigenvalue weighted by Crippen LogP contribution is 2.39. The predicted molar refractivity (Wildman–Crippen MR) is 140 cm³/mol. The number of hydrogen-bond donors (Lipinski definition) is 3. The van der Waals surface area contributed by atoms with Gasteiger partial charge >= 0.3 is 0 Å². The van der Waals surface area contributed by atoms with Gasteiger partial charge in [-0.25, -0.2) is 4.98 Å². The lowest BCUT2D eigenvalue weighted by Crippen LogP contribution is -2.21. The first-order chi connectivity index (χ1) is 16.3. The van der Waals surface area contributed by atoms with Crippen molar-refractivity contribution in [2.75, 3.05) is 6.54 Å². The van der Waals surface area contributed by atoms with Crippen LogP contribution in [-0.4, -0.2) is 22.5 Å². The van der Waals surface area contributed by atoms with Crippen LogP contribution in [-0.2, 0) is 23.8 Å². The highest BCUT2D eigenvalue weighted by atomic mass is 16.5. The molecule has 0 spiro atoms. The highest BCUT2D eigenvalue weighted by molar-refractivity contribution is 5.92. The number of aromatic hydroxyl groups is 1. The molecule has 0 radical (unpaired) electrons. The van der Waals surface area contributed by atoms with Gasteiger partial charge in [-0.15, -0.1) is 0 Å². The second kappa shape index (κ2) is 10.5. The summed E-state index contributed by atoms with van der Waals surface area (Å²) >= 11 is 0. The van der Waals surface area contributed by atoms with Gasteiger partial charge in [-0.05, 0) is 64.2 Å². The van der Waals surface area contributed by atoms with Gasteiger partial charge in [0, 0.05) is 18.8 Å². The lowest BCUT2D eigenvalue weighted by Gasteiger charge is -2.28. The van der Waals surface area contributed by atoms with Crippen LogP contribution in [0, 0.1) is 0 Å². The number of primary amides is 1. The quantitative estimate of drug-likeness (QED) is 0.368. The summed E-state index contributed by atoms with van der Waals surface area (Å²) < 4.78 is 5.74. The second-order valence-corrected chi connectivity index (χ2v) is 11.0. The number of rotatable bonds is 8. The van der Waals surface area contributed by atoms with Gasteiger partial charge in [-0.1, -0.05) is 65.8 Å². The zero-order valence-corrected chi connectivity index (χ0v) is 21.6. The Hall–Kier alpha value is -3.38. The summed E-state index contributed by atoms with van der Waals surface area (Å²) in [6.45, 7) is 14.3. The van der Waals surface area contributed by atoms with E-state index in [2.05, 4.69) is 64.0 Å². The number of phenolic OH excluding ortho intramolecular Hbond substituents is 1. The van der Waals surface area contributed by atoms with E-state index in [4.69, 9.17) is 10.5 Å². The molecule has 3 aromatic rings. The summed E-state index contributed by atoms with van der Waals surface area (Å²) in [6.07, 6.45) is 2.28. The van der Waals surface area contributed by atoms with Gasteiger partial charge in [-0.2, -0.15) is 0 Å². The normalized spacial score (nSPS) is 11.9. The molecule has 4 N–H and O–H groups in total. The van der Waals surface area contributed by atoms with Crippen LogP contribution < -0.4 is 15.8 Å². The summed E-state index contributed by atoms with van der Waals surface area (Å²) in [5.74, 6) is 0.976. The summed E-state index contributed by atoms with van der Waals surface area (Å²) in [5.41, 5.74) is 9.64. The van der Waals surface area contributed by atoms with Crippen LogP contribution in [0.2, 0.25) is 0 Å². The van der Waals surface area contributed by atoms with Crippen LogP contribution in [0.4, 0.5) is 0 Å². The number of nitrogens with one attached hydrogen (secondary N) is 1. The van der Waals surface area contributed by atoms with E-state index in [9.17, 15) is 9.90 Å². The first-order valence-corrected chi connectivity index (χ1v) is 11.9. The first-order valence-electron chi connectivity index (χ1n) is 11.9. The van der Waals surface area contributed by atoms with E-state index < -0.39 is 5.91 Å². The lowest BCUT2D eigenvalue weighted by molar-refractivity contribution is 0.1000. The Bertz CT molecular complexity index is 1120. The molecule has 2 aromatic carbocycles. The van der Waals surface area contributed by atoms with Gasteiger partial charge < -0.3 is 20.9 Å². The van der Waals surface area contributed by atoms with Crippen LogP contribution in [0.15, 0.2) is 54.7 Å². The smallest absolute Gasteiger partial charge is 0.250 e. The lowest BCUT2D eigenvalue weighted by atomic mass is 9.78. The van der Waals surface area contributed by atoms with Crippen molar-refractivity contribution < 1.29 is 14.6 Å². The zero-order chi connectivity index (χ0) is 25.8. The van der Waals surface area contributed by atoms with Crippen LogP contribution in [0.5, 0.6) is 17.4 Å². The Balaban J connectivity index is 1.57. The van der Waals surface area contributed by atoms with E-state index in [1.165, 1.54) is 17.3 Å². The minimum atomic E-state index is -0.517. The molecule has 1 amide bonds. The summed E-state index contributed by atoms with van der Waals surface area (Å²) in [6, 6.07) is 15.3. The summed E-state index contributed by atoms with van der Waals surface area (Å²) in [7, 11) is 0. The molecular weight excluding hydrogens is 438 g/mol. The van der Waals surface area contributed by atoms with E-state index in [1.54, 1.807) is 12.1 Å². The SMILES string of the molecule is CC(C)(C)c1cc(CNCCc2ccc(Oc3ccc(C(N)=O)cn3)cc2)cc(C(C)(C)C)c1O. The maximum Gasteiger partial charge on any atom is 0.250 e. The average Bonchev–Trinajstić information content (AvgIpc) is 2.77. The number of amides is 1. The molecule has 1 heterocycles. The van der Waals surface area contributed by atoms with Gasteiger partial charge in [-0.3, -0.25) is 4.79 Å². The summed E-state index contributed by atoms with van der Waals surface area (Å²) in [4.78, 5) is 15.3. The van der Waals surface area contributed by atoms with Crippen molar-refractivity contribution in [1.82, 2.24) is 10.3 Å². The molecule has 3 rings (SSSR count). The fraction of sp³-hybridized carbons (Fsp3) is 0.379. The van der Waals surface area contributed by atoms with Gasteiger partial charge in [0.05, 0.1) is 5.56 Å². The molecule has 0 fully saturated rings. The fourth-order valence-corrected chi connectivity index (χ4v) is 3.84. The number of nitrogens with two attached hydrogens (primary N) is 1. The minimum Gasteiger partial charge on any atom is -0.507 e. The third-order valence-electron chi connectivity index (χ3n) is 5.87. The van der Waals surface area contributed by atoms with Crippen molar-refractivity contribution in [3.05, 3.63) is 82.5 Å². The number of benzene rings is 2. The Morgan fingerprint density at radius 2 is 1.54 bits per heavy atom. The third-order valence-corrected chi connectivity index (χ3v) is 5.87. The third kappa shape index (κ3) is 7.06. The van der Waals surface area contributed by atoms with Crippen LogP contribution in [0.1, 0.15) is 74.2 Å². The number of hydrogen-bond acceptors (Lipinski definition) is 5. The molecule has 0 atom stereocenters. The van der Waals surface area contributed by atoms with Crippen molar-refractivity contribution in [1.29, 1.82) is 0 Å². The average molecular weight is 476 g/mol. The molecule has 0 bridgehead atoms.